The Kier molecular flexibility index (Phi) is 8.53. The highest BCUT2D eigenvalue weighted by Gasteiger charge is 2.15. The van der Waals surface area contributed by atoms with Gasteiger partial charge in [0.05, 0.1) is 30.2 Å². The summed E-state index contributed by atoms with van der Waals surface area (Å²) in [4.78, 5) is 23.0. The number of nitrogens with zero attached hydrogens (tertiary/aromatic N) is 2. The Morgan fingerprint density at radius 2 is 1.88 bits per heavy atom. The number of benzene rings is 3. The number of halogens is 4. The third kappa shape index (κ3) is 6.27. The average molecular weight is 582 g/mol. The van der Waals surface area contributed by atoms with E-state index in [-0.39, 0.29) is 38.6 Å². The van der Waals surface area contributed by atoms with Crippen molar-refractivity contribution in [2.45, 2.75) is 6.61 Å². The molecule has 0 fully saturated rings. The van der Waals surface area contributed by atoms with Crippen LogP contribution in [-0.4, -0.2) is 10.8 Å². The fourth-order valence-electron chi connectivity index (χ4n) is 2.82. The second-order valence-corrected chi connectivity index (χ2v) is 8.80. The van der Waals surface area contributed by atoms with Crippen LogP contribution >= 0.6 is 50.7 Å². The zero-order valence-corrected chi connectivity index (χ0v) is 20.9. The summed E-state index contributed by atoms with van der Waals surface area (Å²) in [6.07, 6.45) is 1.36. The zero-order chi connectivity index (χ0) is 24.8. The molecule has 0 radical (unpaired) electrons. The van der Waals surface area contributed by atoms with Crippen LogP contribution in [0.1, 0.15) is 11.1 Å². The van der Waals surface area contributed by atoms with E-state index in [9.17, 15) is 20.2 Å². The molecule has 11 heteroatoms. The lowest BCUT2D eigenvalue weighted by molar-refractivity contribution is -0.384. The minimum absolute atomic E-state index is 0.0431. The van der Waals surface area contributed by atoms with Gasteiger partial charge in [0, 0.05) is 12.1 Å². The van der Waals surface area contributed by atoms with E-state index < -0.39 is 10.8 Å². The number of nitrogens with one attached hydrogen (secondary N) is 1. The quantitative estimate of drug-likeness (QED) is 0.135. The van der Waals surface area contributed by atoms with Gasteiger partial charge in [0.2, 0.25) is 0 Å². The predicted octanol–water partition coefficient (Wildman–Crippen LogP) is 7.44. The van der Waals surface area contributed by atoms with Crippen molar-refractivity contribution in [3.8, 4) is 11.8 Å². The maximum absolute atomic E-state index is 12.6. The van der Waals surface area contributed by atoms with E-state index >= 15 is 0 Å². The fourth-order valence-corrected chi connectivity index (χ4v) is 4.16. The van der Waals surface area contributed by atoms with Gasteiger partial charge >= 0.3 is 0 Å². The molecule has 0 saturated heterocycles. The summed E-state index contributed by atoms with van der Waals surface area (Å²) in [5, 5.41) is 23.6. The van der Waals surface area contributed by atoms with Crippen molar-refractivity contribution in [3.05, 3.63) is 101 Å². The minimum Gasteiger partial charge on any atom is -0.486 e. The SMILES string of the molecule is N#C/C(=C/c1cc(Cl)c(OCc2cccc([N+](=O)[O-])c2)c(Br)c1)C(=O)Nc1cccc(Cl)c1Cl. The molecule has 0 unspecified atom stereocenters. The number of nitro benzene ring substituents is 1. The lowest BCUT2D eigenvalue weighted by Crippen LogP contribution is -2.13. The molecule has 3 aromatic rings. The van der Waals surface area contributed by atoms with Gasteiger partial charge in [-0.2, -0.15) is 5.26 Å². The molecule has 0 aromatic heterocycles. The molecule has 0 spiro atoms. The smallest absolute Gasteiger partial charge is 0.269 e. The molecule has 3 aromatic carbocycles. The number of anilines is 1. The molecular weight excluding hydrogens is 569 g/mol. The molecule has 0 atom stereocenters. The van der Waals surface area contributed by atoms with Gasteiger partial charge in [-0.25, -0.2) is 0 Å². The highest BCUT2D eigenvalue weighted by atomic mass is 79.9. The number of amides is 1. The van der Waals surface area contributed by atoms with Crippen molar-refractivity contribution in [1.29, 1.82) is 5.26 Å². The lowest BCUT2D eigenvalue weighted by Gasteiger charge is -2.12. The number of hydrogen-bond acceptors (Lipinski definition) is 5. The highest BCUT2D eigenvalue weighted by Crippen LogP contribution is 2.36. The van der Waals surface area contributed by atoms with Crippen molar-refractivity contribution >= 4 is 74.1 Å². The van der Waals surface area contributed by atoms with Crippen molar-refractivity contribution < 1.29 is 14.5 Å². The second kappa shape index (κ2) is 11.4. The van der Waals surface area contributed by atoms with Gasteiger partial charge in [-0.15, -0.1) is 0 Å². The lowest BCUT2D eigenvalue weighted by atomic mass is 10.1. The first-order chi connectivity index (χ1) is 16.2. The first-order valence-electron chi connectivity index (χ1n) is 9.42. The molecule has 172 valence electrons. The van der Waals surface area contributed by atoms with E-state index in [0.717, 1.165) is 0 Å². The number of carbonyl (C=O) groups excluding carboxylic acids is 1. The number of nitro groups is 1. The van der Waals surface area contributed by atoms with Crippen LogP contribution in [-0.2, 0) is 11.4 Å². The van der Waals surface area contributed by atoms with E-state index in [0.29, 0.717) is 21.3 Å². The van der Waals surface area contributed by atoms with Gasteiger partial charge < -0.3 is 10.1 Å². The second-order valence-electron chi connectivity index (χ2n) is 6.75. The normalized spacial score (nSPS) is 11.0. The third-order valence-electron chi connectivity index (χ3n) is 4.40. The first kappa shape index (κ1) is 25.5. The fraction of sp³-hybridized carbons (Fsp3) is 0.0435. The summed E-state index contributed by atoms with van der Waals surface area (Å²) in [7, 11) is 0. The van der Waals surface area contributed by atoms with Crippen LogP contribution in [0.25, 0.3) is 6.08 Å². The standard InChI is InChI=1S/C23H13BrCl3N3O4/c24-17-9-14(7-15(11-28)23(31)29-20-6-2-5-18(25)21(20)27)10-19(26)22(17)34-12-13-3-1-4-16(8-13)30(32)33/h1-10H,12H2,(H,29,31)/b15-7-. The predicted molar refractivity (Wildman–Crippen MR) is 135 cm³/mol. The molecule has 0 heterocycles. The Morgan fingerprint density at radius 1 is 1.15 bits per heavy atom. The number of non-ortho nitro benzene ring substituents is 1. The average Bonchev–Trinajstić information content (AvgIpc) is 2.80. The van der Waals surface area contributed by atoms with Gasteiger partial charge in [0.15, 0.2) is 5.75 Å². The van der Waals surface area contributed by atoms with E-state index in [1.54, 1.807) is 36.4 Å². The molecule has 1 amide bonds. The maximum atomic E-state index is 12.6. The Balaban J connectivity index is 1.79. The number of hydrogen-bond donors (Lipinski definition) is 1. The van der Waals surface area contributed by atoms with E-state index in [1.165, 1.54) is 24.3 Å². The largest absolute Gasteiger partial charge is 0.486 e. The van der Waals surface area contributed by atoms with Gasteiger partial charge in [0.25, 0.3) is 11.6 Å². The summed E-state index contributed by atoms with van der Waals surface area (Å²) >= 11 is 21.8. The number of nitriles is 1. The van der Waals surface area contributed by atoms with Gasteiger partial charge in [-0.1, -0.05) is 53.0 Å². The number of rotatable bonds is 7. The zero-order valence-electron chi connectivity index (χ0n) is 17.0. The van der Waals surface area contributed by atoms with Crippen molar-refractivity contribution in [2.24, 2.45) is 0 Å². The van der Waals surface area contributed by atoms with E-state index in [1.807, 2.05) is 6.07 Å². The van der Waals surface area contributed by atoms with Crippen molar-refractivity contribution in [3.63, 3.8) is 0 Å². The van der Waals surface area contributed by atoms with E-state index in [4.69, 9.17) is 39.5 Å². The molecule has 1 N–H and O–H groups in total. The highest BCUT2D eigenvalue weighted by molar-refractivity contribution is 9.10. The molecule has 0 aliphatic heterocycles. The third-order valence-corrected chi connectivity index (χ3v) is 6.09. The first-order valence-corrected chi connectivity index (χ1v) is 11.3. The topological polar surface area (TPSA) is 105 Å². The maximum Gasteiger partial charge on any atom is 0.269 e. The van der Waals surface area contributed by atoms with Crippen LogP contribution in [0.3, 0.4) is 0 Å². The van der Waals surface area contributed by atoms with Crippen LogP contribution in [0, 0.1) is 21.4 Å². The summed E-state index contributed by atoms with van der Waals surface area (Å²) in [5.74, 6) is -0.371. The number of carbonyl (C=O) groups is 1. The van der Waals surface area contributed by atoms with E-state index in [2.05, 4.69) is 21.2 Å². The van der Waals surface area contributed by atoms with Crippen LogP contribution in [0.15, 0.2) is 64.6 Å². The Morgan fingerprint density at radius 3 is 2.56 bits per heavy atom. The van der Waals surface area contributed by atoms with Crippen LogP contribution < -0.4 is 10.1 Å². The molecule has 34 heavy (non-hydrogen) atoms. The summed E-state index contributed by atoms with van der Waals surface area (Å²) < 4.78 is 6.20. The van der Waals surface area contributed by atoms with Crippen LogP contribution in [0.2, 0.25) is 15.1 Å². The molecule has 0 aliphatic rings. The number of ether oxygens (including phenoxy) is 1. The van der Waals surface area contributed by atoms with Gasteiger partial charge in [-0.05, 0) is 57.4 Å². The summed E-state index contributed by atoms with van der Waals surface area (Å²) in [6, 6.07) is 15.8. The molecule has 7 nitrogen and oxygen atoms in total. The molecule has 0 aliphatic carbocycles. The molecule has 0 bridgehead atoms. The molecular formula is C23H13BrCl3N3O4. The van der Waals surface area contributed by atoms with Gasteiger partial charge in [-0.3, -0.25) is 14.9 Å². The Hall–Kier alpha value is -3.09. The van der Waals surface area contributed by atoms with Crippen molar-refractivity contribution in [2.75, 3.05) is 5.32 Å². The van der Waals surface area contributed by atoms with Crippen molar-refractivity contribution in [1.82, 2.24) is 0 Å². The van der Waals surface area contributed by atoms with Gasteiger partial charge in [0.1, 0.15) is 18.2 Å². The molecule has 3 rings (SSSR count). The monoisotopic (exact) mass is 579 g/mol. The molecule has 0 saturated carbocycles. The van der Waals surface area contributed by atoms with Crippen LogP contribution in [0.4, 0.5) is 11.4 Å². The Bertz CT molecular complexity index is 1330. The summed E-state index contributed by atoms with van der Waals surface area (Å²) in [5.41, 5.74) is 1.08. The van der Waals surface area contributed by atoms with Crippen LogP contribution in [0.5, 0.6) is 5.75 Å². The summed E-state index contributed by atoms with van der Waals surface area (Å²) in [6.45, 7) is 0.0431. The minimum atomic E-state index is -0.676. The Labute approximate surface area is 217 Å².